The molecule has 9 nitrogen and oxygen atoms in total. The van der Waals surface area contributed by atoms with Gasteiger partial charge in [0.15, 0.2) is 6.61 Å². The number of urea groups is 1. The fourth-order valence-corrected chi connectivity index (χ4v) is 4.90. The molecule has 1 spiro atoms. The standard InChI is InChI=1S/C26H34N4O5/c1-16(2)17-6-8-18(9-7-17)22-27-20(35-29-22)15-34-21(31)14-30-23(32)26(28-24(30)33)12-10-19(11-13-26)25(3,4)5/h6-9,16,19H,10-15H2,1-5H3,(H,28,33). The summed E-state index contributed by atoms with van der Waals surface area (Å²) >= 11 is 0. The van der Waals surface area contributed by atoms with E-state index >= 15 is 0 Å². The number of hydrogen-bond donors (Lipinski definition) is 1. The highest BCUT2D eigenvalue weighted by molar-refractivity contribution is 6.08. The minimum absolute atomic E-state index is 0.135. The Labute approximate surface area is 205 Å². The summed E-state index contributed by atoms with van der Waals surface area (Å²) in [6, 6.07) is 7.30. The SMILES string of the molecule is CC(C)c1ccc(-c2noc(COC(=O)CN3C(=O)NC4(CCC(C(C)(C)C)CC4)C3=O)n2)cc1. The first-order valence-corrected chi connectivity index (χ1v) is 12.2. The summed E-state index contributed by atoms with van der Waals surface area (Å²) in [4.78, 5) is 43.2. The molecule has 2 aromatic rings. The number of carbonyl (C=O) groups is 3. The number of nitrogens with zero attached hydrogens (tertiary/aromatic N) is 3. The summed E-state index contributed by atoms with van der Waals surface area (Å²) in [5.41, 5.74) is 1.24. The molecule has 0 atom stereocenters. The van der Waals surface area contributed by atoms with Crippen LogP contribution in [0.25, 0.3) is 11.4 Å². The van der Waals surface area contributed by atoms with E-state index in [0.29, 0.717) is 30.5 Å². The zero-order valence-electron chi connectivity index (χ0n) is 21.1. The number of hydrogen-bond acceptors (Lipinski definition) is 7. The smallest absolute Gasteiger partial charge is 0.326 e. The summed E-state index contributed by atoms with van der Waals surface area (Å²) in [5.74, 6) is 0.377. The van der Waals surface area contributed by atoms with Crippen molar-refractivity contribution in [1.29, 1.82) is 0 Å². The molecule has 0 unspecified atom stereocenters. The molecule has 1 saturated heterocycles. The van der Waals surface area contributed by atoms with Gasteiger partial charge in [-0.05, 0) is 48.5 Å². The van der Waals surface area contributed by atoms with Gasteiger partial charge in [0.25, 0.3) is 11.8 Å². The van der Waals surface area contributed by atoms with Crippen LogP contribution in [0.5, 0.6) is 0 Å². The molecule has 1 N–H and O–H groups in total. The van der Waals surface area contributed by atoms with E-state index in [-0.39, 0.29) is 23.8 Å². The maximum Gasteiger partial charge on any atom is 0.326 e. The summed E-state index contributed by atoms with van der Waals surface area (Å²) in [6.45, 7) is 10.1. The van der Waals surface area contributed by atoms with Crippen molar-refractivity contribution in [2.24, 2.45) is 11.3 Å². The Bertz CT molecular complexity index is 1090. The van der Waals surface area contributed by atoms with Crippen LogP contribution in [0.1, 0.15) is 77.7 Å². The number of carbonyl (C=O) groups excluding carboxylic acids is 3. The molecule has 1 aromatic carbocycles. The van der Waals surface area contributed by atoms with Crippen molar-refractivity contribution in [3.8, 4) is 11.4 Å². The number of nitrogens with one attached hydrogen (secondary N) is 1. The number of aromatic nitrogens is 2. The Hall–Kier alpha value is -3.23. The molecule has 188 valence electrons. The number of amides is 3. The van der Waals surface area contributed by atoms with Crippen LogP contribution in [0.15, 0.2) is 28.8 Å². The highest BCUT2D eigenvalue weighted by Gasteiger charge is 2.53. The van der Waals surface area contributed by atoms with E-state index in [0.717, 1.165) is 23.3 Å². The normalized spacial score (nSPS) is 22.7. The van der Waals surface area contributed by atoms with E-state index in [1.807, 2.05) is 24.3 Å². The number of esters is 1. The van der Waals surface area contributed by atoms with Crippen molar-refractivity contribution in [2.75, 3.05) is 6.54 Å². The van der Waals surface area contributed by atoms with E-state index in [1.54, 1.807) is 0 Å². The minimum Gasteiger partial charge on any atom is -0.454 e. The monoisotopic (exact) mass is 482 g/mol. The Kier molecular flexibility index (Phi) is 6.71. The van der Waals surface area contributed by atoms with Crippen LogP contribution in [-0.2, 0) is 20.9 Å². The zero-order valence-corrected chi connectivity index (χ0v) is 21.1. The lowest BCUT2D eigenvalue weighted by molar-refractivity contribution is -0.149. The van der Waals surface area contributed by atoms with Crippen LogP contribution in [0.3, 0.4) is 0 Å². The van der Waals surface area contributed by atoms with Crippen molar-refractivity contribution >= 4 is 17.9 Å². The third kappa shape index (κ3) is 5.23. The van der Waals surface area contributed by atoms with Gasteiger partial charge < -0.3 is 14.6 Å². The fraction of sp³-hybridized carbons (Fsp3) is 0.577. The number of benzene rings is 1. The second kappa shape index (κ2) is 9.43. The van der Waals surface area contributed by atoms with Crippen molar-refractivity contribution in [3.63, 3.8) is 0 Å². The Morgan fingerprint density at radius 1 is 1.20 bits per heavy atom. The molecule has 0 radical (unpaired) electrons. The number of ether oxygens (including phenoxy) is 1. The molecule has 4 rings (SSSR count). The molecule has 1 aromatic heterocycles. The molecule has 2 heterocycles. The molecule has 9 heteroatoms. The van der Waals surface area contributed by atoms with Gasteiger partial charge in [0.05, 0.1) is 0 Å². The predicted molar refractivity (Wildman–Crippen MR) is 128 cm³/mol. The summed E-state index contributed by atoms with van der Waals surface area (Å²) in [7, 11) is 0. The maximum absolute atomic E-state index is 13.1. The third-order valence-corrected chi connectivity index (χ3v) is 7.26. The van der Waals surface area contributed by atoms with Gasteiger partial charge in [-0.1, -0.05) is 64.0 Å². The van der Waals surface area contributed by atoms with E-state index in [1.165, 1.54) is 5.56 Å². The van der Waals surface area contributed by atoms with Gasteiger partial charge in [-0.2, -0.15) is 4.98 Å². The van der Waals surface area contributed by atoms with E-state index in [4.69, 9.17) is 9.26 Å². The van der Waals surface area contributed by atoms with E-state index in [9.17, 15) is 14.4 Å². The zero-order chi connectivity index (χ0) is 25.4. The molecule has 1 aliphatic heterocycles. The summed E-state index contributed by atoms with van der Waals surface area (Å²) < 4.78 is 10.4. The predicted octanol–water partition coefficient (Wildman–Crippen LogP) is 4.43. The second-order valence-corrected chi connectivity index (χ2v) is 11.0. The van der Waals surface area contributed by atoms with Crippen molar-refractivity contribution < 1.29 is 23.6 Å². The van der Waals surface area contributed by atoms with Gasteiger partial charge in [0, 0.05) is 5.56 Å². The first-order chi connectivity index (χ1) is 16.5. The van der Waals surface area contributed by atoms with Crippen molar-refractivity contribution in [2.45, 2.75) is 78.4 Å². The lowest BCUT2D eigenvalue weighted by Crippen LogP contribution is -2.50. The lowest BCUT2D eigenvalue weighted by atomic mass is 9.67. The molecule has 2 aliphatic rings. The van der Waals surface area contributed by atoms with Crippen LogP contribution < -0.4 is 5.32 Å². The van der Waals surface area contributed by atoms with Gasteiger partial charge in [0.2, 0.25) is 5.82 Å². The third-order valence-electron chi connectivity index (χ3n) is 7.26. The summed E-state index contributed by atoms with van der Waals surface area (Å²) in [5, 5.41) is 6.78. The Balaban J connectivity index is 1.31. The topological polar surface area (TPSA) is 115 Å². The van der Waals surface area contributed by atoms with Gasteiger partial charge in [0.1, 0.15) is 12.1 Å². The van der Waals surface area contributed by atoms with E-state index < -0.39 is 24.1 Å². The second-order valence-electron chi connectivity index (χ2n) is 11.0. The molecule has 35 heavy (non-hydrogen) atoms. The first-order valence-electron chi connectivity index (χ1n) is 12.2. The molecule has 1 aliphatic carbocycles. The largest absolute Gasteiger partial charge is 0.454 e. The summed E-state index contributed by atoms with van der Waals surface area (Å²) in [6.07, 6.45) is 2.86. The van der Waals surface area contributed by atoms with E-state index in [2.05, 4.69) is 50.1 Å². The quantitative estimate of drug-likeness (QED) is 0.478. The molecule has 3 amide bonds. The molecular weight excluding hydrogens is 448 g/mol. The van der Waals surface area contributed by atoms with Crippen molar-refractivity contribution in [1.82, 2.24) is 20.4 Å². The highest BCUT2D eigenvalue weighted by atomic mass is 16.6. The molecule has 0 bridgehead atoms. The van der Waals surface area contributed by atoms with Crippen LogP contribution >= 0.6 is 0 Å². The molecule has 2 fully saturated rings. The van der Waals surface area contributed by atoms with Crippen LogP contribution in [-0.4, -0.2) is 45.0 Å². The Morgan fingerprint density at radius 3 is 2.46 bits per heavy atom. The highest BCUT2D eigenvalue weighted by Crippen LogP contribution is 2.43. The first kappa shape index (κ1) is 24.9. The average molecular weight is 483 g/mol. The minimum atomic E-state index is -0.911. The fourth-order valence-electron chi connectivity index (χ4n) is 4.90. The van der Waals surface area contributed by atoms with Crippen LogP contribution in [0.4, 0.5) is 4.79 Å². The van der Waals surface area contributed by atoms with Crippen LogP contribution in [0.2, 0.25) is 0 Å². The van der Waals surface area contributed by atoms with Crippen LogP contribution in [0, 0.1) is 11.3 Å². The average Bonchev–Trinajstić information content (AvgIpc) is 3.37. The molecular formula is C26H34N4O5. The van der Waals surface area contributed by atoms with Gasteiger partial charge >= 0.3 is 12.0 Å². The molecule has 1 saturated carbocycles. The maximum atomic E-state index is 13.1. The van der Waals surface area contributed by atoms with Gasteiger partial charge in [-0.15, -0.1) is 0 Å². The Morgan fingerprint density at radius 2 is 1.86 bits per heavy atom. The van der Waals surface area contributed by atoms with Gasteiger partial charge in [-0.25, -0.2) is 4.79 Å². The number of rotatable bonds is 6. The number of imide groups is 1. The van der Waals surface area contributed by atoms with Gasteiger partial charge in [-0.3, -0.25) is 14.5 Å². The van der Waals surface area contributed by atoms with Crippen molar-refractivity contribution in [3.05, 3.63) is 35.7 Å². The lowest BCUT2D eigenvalue weighted by Gasteiger charge is -2.40.